The topological polar surface area (TPSA) is 65.2 Å². The van der Waals surface area contributed by atoms with Crippen molar-refractivity contribution in [1.29, 1.82) is 0 Å². The molecule has 3 aromatic rings. The van der Waals surface area contributed by atoms with E-state index in [0.29, 0.717) is 12.5 Å². The number of nitrogens with zero attached hydrogens (tertiary/aromatic N) is 1. The molecule has 0 unspecified atom stereocenters. The summed E-state index contributed by atoms with van der Waals surface area (Å²) in [6.07, 6.45) is 11.3. The Morgan fingerprint density at radius 1 is 1.00 bits per heavy atom. The Bertz CT molecular complexity index is 1250. The molecule has 1 saturated carbocycles. The number of ketones is 1. The minimum Gasteiger partial charge on any atom is -0.361 e. The van der Waals surface area contributed by atoms with Crippen LogP contribution in [-0.2, 0) is 24.1 Å². The largest absolute Gasteiger partial charge is 0.361 e. The molecule has 0 bridgehead atoms. The maximum atomic E-state index is 12.6. The van der Waals surface area contributed by atoms with Crippen molar-refractivity contribution in [3.05, 3.63) is 70.9 Å². The Balaban J connectivity index is 1.01. The second-order valence-electron chi connectivity index (χ2n) is 11.8. The number of Topliss-reactive ketones (excluding diaryl/α,β-unsaturated/α-hetero) is 1. The molecule has 0 saturated heterocycles. The number of amides is 1. The lowest BCUT2D eigenvalue weighted by Gasteiger charge is -2.30. The van der Waals surface area contributed by atoms with Crippen molar-refractivity contribution in [2.24, 2.45) is 11.8 Å². The number of carbonyl (C=O) groups excluding carboxylic acids is 2. The van der Waals surface area contributed by atoms with Gasteiger partial charge in [0.15, 0.2) is 5.78 Å². The Morgan fingerprint density at radius 3 is 2.55 bits per heavy atom. The number of nitrogens with one attached hydrogen (secondary N) is 2. The van der Waals surface area contributed by atoms with Crippen LogP contribution in [0, 0.1) is 11.8 Å². The van der Waals surface area contributed by atoms with E-state index in [1.165, 1.54) is 41.3 Å². The van der Waals surface area contributed by atoms with Crippen LogP contribution >= 0.6 is 0 Å². The van der Waals surface area contributed by atoms with Crippen molar-refractivity contribution in [2.75, 3.05) is 19.6 Å². The highest BCUT2D eigenvalue weighted by atomic mass is 16.1. The average Bonchev–Trinajstić information content (AvgIpc) is 3.23. The summed E-state index contributed by atoms with van der Waals surface area (Å²) in [4.78, 5) is 31.0. The van der Waals surface area contributed by atoms with Crippen LogP contribution in [0.2, 0.25) is 0 Å². The van der Waals surface area contributed by atoms with Gasteiger partial charge in [-0.25, -0.2) is 0 Å². The van der Waals surface area contributed by atoms with Crippen LogP contribution in [0.1, 0.15) is 79.4 Å². The van der Waals surface area contributed by atoms with E-state index in [9.17, 15) is 9.59 Å². The van der Waals surface area contributed by atoms with Crippen LogP contribution in [0.3, 0.4) is 0 Å². The quantitative estimate of drug-likeness (QED) is 0.340. The molecular formula is C33H43N3O2. The van der Waals surface area contributed by atoms with Crippen LogP contribution < -0.4 is 5.32 Å². The fourth-order valence-electron chi connectivity index (χ4n) is 6.33. The predicted molar refractivity (Wildman–Crippen MR) is 155 cm³/mol. The van der Waals surface area contributed by atoms with E-state index in [-0.39, 0.29) is 17.6 Å². The monoisotopic (exact) mass is 513 g/mol. The standard InChI is InChI=1S/C33H43N3O2/c1-23(2)33(38)27-10-9-25-16-19-36(20-17-26(25)21-27)18-15-24-7-12-29(13-8-24)35-32(37)14-11-28-22-34-31-6-4-3-5-30(28)31/h3-6,9-10,21-24,29,34H,7-8,11-20H2,1-2H3,(H,35,37)/t24-,29-. The van der Waals surface area contributed by atoms with E-state index in [2.05, 4.69) is 45.5 Å². The number of rotatable bonds is 9. The summed E-state index contributed by atoms with van der Waals surface area (Å²) in [6.45, 7) is 7.28. The van der Waals surface area contributed by atoms with Gasteiger partial charge >= 0.3 is 0 Å². The molecule has 38 heavy (non-hydrogen) atoms. The zero-order chi connectivity index (χ0) is 26.5. The minimum atomic E-state index is 0.0454. The first-order chi connectivity index (χ1) is 18.5. The highest BCUT2D eigenvalue weighted by molar-refractivity contribution is 5.97. The summed E-state index contributed by atoms with van der Waals surface area (Å²) in [5.41, 5.74) is 6.00. The Hall–Kier alpha value is -2.92. The molecule has 1 aliphatic heterocycles. The van der Waals surface area contributed by atoms with Gasteiger partial charge in [-0.1, -0.05) is 44.2 Å². The third kappa shape index (κ3) is 6.55. The Labute approximate surface area is 227 Å². The Kier molecular flexibility index (Phi) is 8.63. The highest BCUT2D eigenvalue weighted by Gasteiger charge is 2.24. The molecule has 1 aromatic heterocycles. The zero-order valence-corrected chi connectivity index (χ0v) is 23.1. The minimum absolute atomic E-state index is 0.0454. The number of aromatic nitrogens is 1. The van der Waals surface area contributed by atoms with Gasteiger partial charge in [0.2, 0.25) is 5.91 Å². The van der Waals surface area contributed by atoms with Crippen LogP contribution in [-0.4, -0.2) is 47.3 Å². The second kappa shape index (κ2) is 12.3. The molecule has 0 spiro atoms. The normalized spacial score (nSPS) is 20.3. The first kappa shape index (κ1) is 26.7. The third-order valence-corrected chi connectivity index (χ3v) is 8.77. The summed E-state index contributed by atoms with van der Waals surface area (Å²) in [5, 5.41) is 4.53. The summed E-state index contributed by atoms with van der Waals surface area (Å²) < 4.78 is 0. The molecule has 5 heteroatoms. The third-order valence-electron chi connectivity index (χ3n) is 8.77. The molecule has 1 amide bonds. The van der Waals surface area contributed by atoms with E-state index < -0.39 is 0 Å². The Morgan fingerprint density at radius 2 is 1.76 bits per heavy atom. The van der Waals surface area contributed by atoms with Crippen molar-refractivity contribution >= 4 is 22.6 Å². The molecule has 202 valence electrons. The molecular weight excluding hydrogens is 470 g/mol. The van der Waals surface area contributed by atoms with Gasteiger partial charge < -0.3 is 15.2 Å². The number of carbonyl (C=O) groups is 2. The number of para-hydroxylation sites is 1. The van der Waals surface area contributed by atoms with E-state index >= 15 is 0 Å². The van der Waals surface area contributed by atoms with Crippen LogP contribution in [0.5, 0.6) is 0 Å². The molecule has 2 aromatic carbocycles. The van der Waals surface area contributed by atoms with Crippen molar-refractivity contribution in [1.82, 2.24) is 15.2 Å². The SMILES string of the molecule is CC(C)C(=O)c1ccc2c(c1)CCN(CC[C@H]1CC[C@H](NC(=O)CCc3c[nH]c4ccccc34)CC1)CC2. The van der Waals surface area contributed by atoms with Gasteiger partial charge in [-0.3, -0.25) is 9.59 Å². The van der Waals surface area contributed by atoms with E-state index in [1.807, 2.05) is 32.2 Å². The summed E-state index contributed by atoms with van der Waals surface area (Å²) in [7, 11) is 0. The predicted octanol–water partition coefficient (Wildman–Crippen LogP) is 6.11. The van der Waals surface area contributed by atoms with Crippen molar-refractivity contribution < 1.29 is 9.59 Å². The lowest BCUT2D eigenvalue weighted by atomic mass is 9.84. The van der Waals surface area contributed by atoms with Crippen LogP contribution in [0.15, 0.2) is 48.7 Å². The average molecular weight is 514 g/mol. The van der Waals surface area contributed by atoms with Gasteiger partial charge in [0.1, 0.15) is 0 Å². The highest BCUT2D eigenvalue weighted by Crippen LogP contribution is 2.28. The maximum absolute atomic E-state index is 12.6. The molecule has 2 aliphatic rings. The second-order valence-corrected chi connectivity index (χ2v) is 11.8. The fourth-order valence-corrected chi connectivity index (χ4v) is 6.33. The molecule has 1 aliphatic carbocycles. The fraction of sp³-hybridized carbons (Fsp3) is 0.515. The summed E-state index contributed by atoms with van der Waals surface area (Å²) in [5.74, 6) is 1.23. The first-order valence-electron chi connectivity index (χ1n) is 14.7. The van der Waals surface area contributed by atoms with Crippen molar-refractivity contribution in [3.8, 4) is 0 Å². The van der Waals surface area contributed by atoms with Crippen LogP contribution in [0.25, 0.3) is 10.9 Å². The van der Waals surface area contributed by atoms with Gasteiger partial charge in [-0.05, 0) is 92.7 Å². The molecule has 2 N–H and O–H groups in total. The van der Waals surface area contributed by atoms with Gasteiger partial charge in [0.25, 0.3) is 0 Å². The van der Waals surface area contributed by atoms with Gasteiger partial charge in [-0.15, -0.1) is 0 Å². The molecule has 1 fully saturated rings. The lowest BCUT2D eigenvalue weighted by Crippen LogP contribution is -2.38. The van der Waals surface area contributed by atoms with Gasteiger partial charge in [0.05, 0.1) is 0 Å². The molecule has 2 heterocycles. The zero-order valence-electron chi connectivity index (χ0n) is 23.1. The number of aryl methyl sites for hydroxylation is 1. The maximum Gasteiger partial charge on any atom is 0.220 e. The number of hydrogen-bond acceptors (Lipinski definition) is 3. The van der Waals surface area contributed by atoms with E-state index in [0.717, 1.165) is 68.7 Å². The molecule has 5 rings (SSSR count). The number of fused-ring (bicyclic) bond motifs is 2. The summed E-state index contributed by atoms with van der Waals surface area (Å²) >= 11 is 0. The first-order valence-corrected chi connectivity index (χ1v) is 14.7. The number of H-pyrrole nitrogens is 1. The lowest BCUT2D eigenvalue weighted by molar-refractivity contribution is -0.122. The van der Waals surface area contributed by atoms with E-state index in [4.69, 9.17) is 0 Å². The molecule has 5 nitrogen and oxygen atoms in total. The van der Waals surface area contributed by atoms with Gasteiger partial charge in [0, 0.05) is 54.1 Å². The number of aromatic amines is 1. The van der Waals surface area contributed by atoms with Crippen molar-refractivity contribution in [2.45, 2.75) is 77.7 Å². The number of hydrogen-bond donors (Lipinski definition) is 2. The van der Waals surface area contributed by atoms with Crippen LogP contribution in [0.4, 0.5) is 0 Å². The van der Waals surface area contributed by atoms with Crippen molar-refractivity contribution in [3.63, 3.8) is 0 Å². The molecule has 0 radical (unpaired) electrons. The van der Waals surface area contributed by atoms with E-state index in [1.54, 1.807) is 0 Å². The summed E-state index contributed by atoms with van der Waals surface area (Å²) in [6, 6.07) is 15.0. The number of benzene rings is 2. The smallest absolute Gasteiger partial charge is 0.220 e. The molecule has 0 atom stereocenters. The van der Waals surface area contributed by atoms with Gasteiger partial charge in [-0.2, -0.15) is 0 Å².